The molecule has 0 aliphatic rings. The highest BCUT2D eigenvalue weighted by molar-refractivity contribution is 5.96. The third kappa shape index (κ3) is 3.42. The number of aromatic nitrogens is 1. The van der Waals surface area contributed by atoms with E-state index in [1.54, 1.807) is 12.1 Å². The largest absolute Gasteiger partial charge is 0.452 e. The number of amides is 1. The minimum absolute atomic E-state index is 0.248. The summed E-state index contributed by atoms with van der Waals surface area (Å²) < 4.78 is 5.02. The first kappa shape index (κ1) is 15.1. The van der Waals surface area contributed by atoms with Crippen LogP contribution >= 0.6 is 0 Å². The van der Waals surface area contributed by atoms with Gasteiger partial charge in [0, 0.05) is 23.1 Å². The van der Waals surface area contributed by atoms with Crippen LogP contribution in [0.15, 0.2) is 18.2 Å². The number of fused-ring (bicyclic) bond motifs is 1. The molecule has 0 unspecified atom stereocenters. The maximum atomic E-state index is 12.0. The van der Waals surface area contributed by atoms with Gasteiger partial charge in [-0.25, -0.2) is 4.79 Å². The normalized spacial score (nSPS) is 10.6. The Bertz CT molecular complexity index is 673. The number of H-pyrrole nitrogens is 1. The van der Waals surface area contributed by atoms with Crippen molar-refractivity contribution in [1.29, 1.82) is 0 Å². The number of esters is 1. The van der Waals surface area contributed by atoms with Crippen molar-refractivity contribution in [3.8, 4) is 0 Å². The molecule has 0 radical (unpaired) electrons. The van der Waals surface area contributed by atoms with E-state index in [0.29, 0.717) is 12.1 Å². The van der Waals surface area contributed by atoms with Gasteiger partial charge in [0.2, 0.25) is 0 Å². The van der Waals surface area contributed by atoms with Crippen LogP contribution in [0.2, 0.25) is 0 Å². The first-order valence-corrected chi connectivity index (χ1v) is 7.05. The monoisotopic (exact) mass is 288 g/mol. The predicted octanol–water partition coefficient (Wildman–Crippen LogP) is 2.47. The average molecular weight is 288 g/mol. The molecule has 1 aromatic carbocycles. The molecule has 0 spiro atoms. The molecule has 0 aliphatic heterocycles. The number of ether oxygens (including phenoxy) is 1. The predicted molar refractivity (Wildman–Crippen MR) is 81.4 cm³/mol. The molecule has 0 saturated carbocycles. The Morgan fingerprint density at radius 3 is 2.76 bits per heavy atom. The van der Waals surface area contributed by atoms with E-state index in [0.717, 1.165) is 28.6 Å². The Kier molecular flexibility index (Phi) is 4.62. The van der Waals surface area contributed by atoms with E-state index >= 15 is 0 Å². The van der Waals surface area contributed by atoms with Crippen molar-refractivity contribution in [1.82, 2.24) is 10.3 Å². The highest BCUT2D eigenvalue weighted by Gasteiger charge is 2.12. The van der Waals surface area contributed by atoms with Crippen molar-refractivity contribution in [2.45, 2.75) is 27.2 Å². The van der Waals surface area contributed by atoms with Gasteiger partial charge in [-0.1, -0.05) is 6.92 Å². The van der Waals surface area contributed by atoms with Crippen molar-refractivity contribution in [3.05, 3.63) is 35.0 Å². The molecule has 2 rings (SSSR count). The summed E-state index contributed by atoms with van der Waals surface area (Å²) in [7, 11) is 0. The fraction of sp³-hybridized carbons (Fsp3) is 0.375. The highest BCUT2D eigenvalue weighted by Crippen LogP contribution is 2.22. The number of aromatic amines is 1. The summed E-state index contributed by atoms with van der Waals surface area (Å²) in [6.45, 7) is 6.29. The van der Waals surface area contributed by atoms with Gasteiger partial charge in [0.25, 0.3) is 5.91 Å². The summed E-state index contributed by atoms with van der Waals surface area (Å²) in [5, 5.41) is 3.66. The summed E-state index contributed by atoms with van der Waals surface area (Å²) in [6.07, 6.45) is 0.850. The van der Waals surface area contributed by atoms with Gasteiger partial charge in [-0.3, -0.25) is 4.79 Å². The van der Waals surface area contributed by atoms with Crippen LogP contribution in [0.5, 0.6) is 0 Å². The second-order valence-electron chi connectivity index (χ2n) is 5.06. The van der Waals surface area contributed by atoms with Gasteiger partial charge < -0.3 is 15.0 Å². The van der Waals surface area contributed by atoms with Crippen molar-refractivity contribution < 1.29 is 14.3 Å². The molecule has 0 atom stereocenters. The molecule has 5 heteroatoms. The molecule has 0 aliphatic carbocycles. The van der Waals surface area contributed by atoms with E-state index in [1.807, 2.05) is 26.8 Å². The summed E-state index contributed by atoms with van der Waals surface area (Å²) in [6, 6.07) is 5.34. The molecule has 21 heavy (non-hydrogen) atoms. The lowest BCUT2D eigenvalue weighted by atomic mass is 10.1. The van der Waals surface area contributed by atoms with Gasteiger partial charge in [-0.2, -0.15) is 0 Å². The zero-order valence-electron chi connectivity index (χ0n) is 12.6. The first-order valence-electron chi connectivity index (χ1n) is 7.05. The lowest BCUT2D eigenvalue weighted by molar-refractivity contribution is -0.124. The van der Waals surface area contributed by atoms with E-state index in [2.05, 4.69) is 10.3 Å². The minimum Gasteiger partial charge on any atom is -0.452 e. The second kappa shape index (κ2) is 6.43. The van der Waals surface area contributed by atoms with Crippen LogP contribution in [0.1, 0.15) is 35.0 Å². The first-order chi connectivity index (χ1) is 10.0. The smallest absolute Gasteiger partial charge is 0.338 e. The zero-order valence-corrected chi connectivity index (χ0v) is 12.6. The van der Waals surface area contributed by atoms with Crippen molar-refractivity contribution in [2.24, 2.45) is 0 Å². The number of benzene rings is 1. The molecule has 2 N–H and O–H groups in total. The van der Waals surface area contributed by atoms with Gasteiger partial charge in [0.1, 0.15) is 0 Å². The minimum atomic E-state index is -0.484. The summed E-state index contributed by atoms with van der Waals surface area (Å²) in [5.74, 6) is -0.762. The van der Waals surface area contributed by atoms with Gasteiger partial charge in [-0.15, -0.1) is 0 Å². The molecule has 1 aromatic heterocycles. The number of rotatable bonds is 5. The van der Waals surface area contributed by atoms with E-state index in [1.165, 1.54) is 0 Å². The molecular weight excluding hydrogens is 268 g/mol. The van der Waals surface area contributed by atoms with Crippen LogP contribution in [0.4, 0.5) is 0 Å². The average Bonchev–Trinajstić information content (AvgIpc) is 2.77. The lowest BCUT2D eigenvalue weighted by Crippen LogP contribution is -2.29. The van der Waals surface area contributed by atoms with E-state index in [4.69, 9.17) is 4.74 Å². The number of nitrogens with one attached hydrogen (secondary N) is 2. The van der Waals surface area contributed by atoms with Crippen LogP contribution in [0, 0.1) is 13.8 Å². The van der Waals surface area contributed by atoms with Gasteiger partial charge >= 0.3 is 5.97 Å². The number of hydrogen-bond acceptors (Lipinski definition) is 3. The third-order valence-corrected chi connectivity index (χ3v) is 3.45. The maximum absolute atomic E-state index is 12.0. The van der Waals surface area contributed by atoms with Gasteiger partial charge in [0.05, 0.1) is 5.56 Å². The van der Waals surface area contributed by atoms with Crippen LogP contribution in [0.25, 0.3) is 10.9 Å². The highest BCUT2D eigenvalue weighted by atomic mass is 16.5. The Hall–Kier alpha value is -2.30. The number of carbonyl (C=O) groups is 2. The van der Waals surface area contributed by atoms with Crippen LogP contribution in [-0.2, 0) is 9.53 Å². The van der Waals surface area contributed by atoms with E-state index in [9.17, 15) is 9.59 Å². The lowest BCUT2D eigenvalue weighted by Gasteiger charge is -2.06. The van der Waals surface area contributed by atoms with Crippen LogP contribution < -0.4 is 5.32 Å². The SMILES string of the molecule is CCCNC(=O)COC(=O)c1ccc2[nH]c(C)c(C)c2c1. The Morgan fingerprint density at radius 2 is 2.05 bits per heavy atom. The Labute approximate surface area is 123 Å². The van der Waals surface area contributed by atoms with Crippen molar-refractivity contribution in [2.75, 3.05) is 13.2 Å². The van der Waals surface area contributed by atoms with Crippen molar-refractivity contribution >= 4 is 22.8 Å². The van der Waals surface area contributed by atoms with Gasteiger partial charge in [0.15, 0.2) is 6.61 Å². The molecule has 5 nitrogen and oxygen atoms in total. The summed E-state index contributed by atoms with van der Waals surface area (Å²) in [4.78, 5) is 26.6. The Morgan fingerprint density at radius 1 is 1.29 bits per heavy atom. The molecule has 2 aromatic rings. The number of aryl methyl sites for hydroxylation is 2. The summed E-state index contributed by atoms with van der Waals surface area (Å²) in [5.41, 5.74) is 3.63. The number of carbonyl (C=O) groups excluding carboxylic acids is 2. The second-order valence-corrected chi connectivity index (χ2v) is 5.06. The van der Waals surface area contributed by atoms with Crippen LogP contribution in [-0.4, -0.2) is 30.0 Å². The van der Waals surface area contributed by atoms with E-state index in [-0.39, 0.29) is 12.5 Å². The number of hydrogen-bond donors (Lipinski definition) is 2. The topological polar surface area (TPSA) is 71.2 Å². The molecule has 112 valence electrons. The summed E-state index contributed by atoms with van der Waals surface area (Å²) >= 11 is 0. The quantitative estimate of drug-likeness (QED) is 0.830. The molecule has 0 saturated heterocycles. The third-order valence-electron chi connectivity index (χ3n) is 3.45. The molecule has 0 fully saturated rings. The van der Waals surface area contributed by atoms with E-state index < -0.39 is 5.97 Å². The van der Waals surface area contributed by atoms with Gasteiger partial charge in [-0.05, 0) is 44.0 Å². The fourth-order valence-electron chi connectivity index (χ4n) is 2.12. The zero-order chi connectivity index (χ0) is 15.4. The van der Waals surface area contributed by atoms with Crippen LogP contribution in [0.3, 0.4) is 0 Å². The molecule has 0 bridgehead atoms. The maximum Gasteiger partial charge on any atom is 0.338 e. The van der Waals surface area contributed by atoms with Crippen molar-refractivity contribution in [3.63, 3.8) is 0 Å². The molecule has 1 amide bonds. The molecular formula is C16H20N2O3. The molecule has 1 heterocycles. The fourth-order valence-corrected chi connectivity index (χ4v) is 2.12. The Balaban J connectivity index is 2.06. The standard InChI is InChI=1S/C16H20N2O3/c1-4-7-17-15(19)9-21-16(20)12-5-6-14-13(8-12)10(2)11(3)18-14/h5-6,8,18H,4,7,9H2,1-3H3,(H,17,19).